The molecule has 74 valence electrons. The van der Waals surface area contributed by atoms with Crippen LogP contribution in [0, 0.1) is 25.7 Å². The lowest BCUT2D eigenvalue weighted by atomic mass is 10.2. The minimum Gasteiger partial charge on any atom is -0.369 e. The van der Waals surface area contributed by atoms with Crippen LogP contribution in [0.4, 0.5) is 5.69 Å². The Hall–Kier alpha value is -1.05. The van der Waals surface area contributed by atoms with Crippen molar-refractivity contribution in [2.45, 2.75) is 20.3 Å². The summed E-state index contributed by atoms with van der Waals surface area (Å²) in [7, 11) is 0. The second-order valence-electron chi connectivity index (χ2n) is 4.78. The van der Waals surface area contributed by atoms with E-state index in [0.29, 0.717) is 0 Å². The van der Waals surface area contributed by atoms with Gasteiger partial charge in [0.25, 0.3) is 0 Å². The van der Waals surface area contributed by atoms with Crippen LogP contribution in [-0.4, -0.2) is 18.1 Å². The van der Waals surface area contributed by atoms with Gasteiger partial charge in [0.05, 0.1) is 11.4 Å². The number of anilines is 1. The fourth-order valence-electron chi connectivity index (χ4n) is 2.54. The summed E-state index contributed by atoms with van der Waals surface area (Å²) in [5.74, 6) is 1.99. The topological polar surface area (TPSA) is 16.1 Å². The smallest absolute Gasteiger partial charge is 0.0605 e. The quantitative estimate of drug-likeness (QED) is 0.671. The summed E-state index contributed by atoms with van der Waals surface area (Å²) in [5, 5.41) is 0. The molecular weight excluding hydrogens is 172 g/mol. The predicted molar refractivity (Wildman–Crippen MR) is 57.5 cm³/mol. The zero-order valence-electron chi connectivity index (χ0n) is 8.83. The molecule has 0 amide bonds. The molecule has 0 radical (unpaired) electrons. The van der Waals surface area contributed by atoms with Crippen molar-refractivity contribution in [3.05, 3.63) is 23.5 Å². The first-order valence-electron chi connectivity index (χ1n) is 5.42. The van der Waals surface area contributed by atoms with Gasteiger partial charge in [-0.15, -0.1) is 0 Å². The molecule has 0 N–H and O–H groups in total. The number of aryl methyl sites for hydroxylation is 2. The molecule has 2 aliphatic rings. The minimum absolute atomic E-state index is 0.995. The van der Waals surface area contributed by atoms with Crippen LogP contribution in [0.15, 0.2) is 12.3 Å². The molecule has 2 fully saturated rings. The molecule has 2 heteroatoms. The number of rotatable bonds is 1. The third-order valence-corrected chi connectivity index (χ3v) is 3.52. The molecule has 0 aromatic carbocycles. The Kier molecular flexibility index (Phi) is 1.61. The molecule has 2 heterocycles. The summed E-state index contributed by atoms with van der Waals surface area (Å²) < 4.78 is 0. The number of piperidine rings is 1. The first-order valence-corrected chi connectivity index (χ1v) is 5.42. The maximum Gasteiger partial charge on any atom is 0.0605 e. The van der Waals surface area contributed by atoms with Gasteiger partial charge in [-0.2, -0.15) is 0 Å². The molecule has 1 aromatic rings. The van der Waals surface area contributed by atoms with Gasteiger partial charge in [0, 0.05) is 19.3 Å². The Labute approximate surface area is 85.0 Å². The lowest BCUT2D eigenvalue weighted by Crippen LogP contribution is -2.23. The first kappa shape index (κ1) is 8.27. The number of fused-ring (bicyclic) bond motifs is 1. The summed E-state index contributed by atoms with van der Waals surface area (Å²) in [5.41, 5.74) is 3.81. The van der Waals surface area contributed by atoms with Gasteiger partial charge in [-0.3, -0.25) is 4.98 Å². The summed E-state index contributed by atoms with van der Waals surface area (Å²) >= 11 is 0. The SMILES string of the molecule is Cc1cnc(C)c(N2CC3CC3C2)c1. The van der Waals surface area contributed by atoms with Gasteiger partial charge in [-0.1, -0.05) is 0 Å². The molecule has 2 unspecified atom stereocenters. The molecule has 1 saturated carbocycles. The van der Waals surface area contributed by atoms with E-state index in [1.807, 2.05) is 6.20 Å². The van der Waals surface area contributed by atoms with Crippen molar-refractivity contribution in [2.24, 2.45) is 11.8 Å². The number of pyridine rings is 1. The van der Waals surface area contributed by atoms with Crippen LogP contribution in [-0.2, 0) is 0 Å². The number of hydrogen-bond acceptors (Lipinski definition) is 2. The Morgan fingerprint density at radius 3 is 2.71 bits per heavy atom. The zero-order chi connectivity index (χ0) is 9.71. The number of nitrogens with zero attached hydrogens (tertiary/aromatic N) is 2. The zero-order valence-corrected chi connectivity index (χ0v) is 8.83. The van der Waals surface area contributed by atoms with E-state index < -0.39 is 0 Å². The van der Waals surface area contributed by atoms with Crippen molar-refractivity contribution in [3.8, 4) is 0 Å². The third-order valence-electron chi connectivity index (χ3n) is 3.52. The van der Waals surface area contributed by atoms with Crippen molar-refractivity contribution in [2.75, 3.05) is 18.0 Å². The molecule has 1 aromatic heterocycles. The number of aromatic nitrogens is 1. The van der Waals surface area contributed by atoms with E-state index in [4.69, 9.17) is 0 Å². The summed E-state index contributed by atoms with van der Waals surface area (Å²) in [6, 6.07) is 2.27. The summed E-state index contributed by atoms with van der Waals surface area (Å²) in [4.78, 5) is 6.93. The van der Waals surface area contributed by atoms with E-state index >= 15 is 0 Å². The van der Waals surface area contributed by atoms with Crippen LogP contribution in [0.25, 0.3) is 0 Å². The molecule has 1 aliphatic carbocycles. The highest BCUT2D eigenvalue weighted by atomic mass is 15.2. The Balaban J connectivity index is 1.91. The molecular formula is C12H16N2. The molecule has 0 spiro atoms. The average Bonchev–Trinajstić information content (AvgIpc) is 2.78. The highest BCUT2D eigenvalue weighted by Crippen LogP contribution is 2.46. The summed E-state index contributed by atoms with van der Waals surface area (Å²) in [6.07, 6.45) is 3.42. The maximum atomic E-state index is 4.42. The van der Waals surface area contributed by atoms with Gasteiger partial charge in [-0.25, -0.2) is 0 Å². The minimum atomic E-state index is 0.995. The van der Waals surface area contributed by atoms with Crippen LogP contribution in [0.3, 0.4) is 0 Å². The molecule has 14 heavy (non-hydrogen) atoms. The van der Waals surface area contributed by atoms with E-state index in [9.17, 15) is 0 Å². The third kappa shape index (κ3) is 1.21. The van der Waals surface area contributed by atoms with Crippen molar-refractivity contribution >= 4 is 5.69 Å². The first-order chi connectivity index (χ1) is 6.74. The largest absolute Gasteiger partial charge is 0.369 e. The van der Waals surface area contributed by atoms with Gasteiger partial charge in [0.15, 0.2) is 0 Å². The van der Waals surface area contributed by atoms with Crippen LogP contribution >= 0.6 is 0 Å². The van der Waals surface area contributed by atoms with E-state index in [-0.39, 0.29) is 0 Å². The van der Waals surface area contributed by atoms with Crippen LogP contribution in [0.1, 0.15) is 17.7 Å². The highest BCUT2D eigenvalue weighted by molar-refractivity contribution is 5.53. The molecule has 1 saturated heterocycles. The van der Waals surface area contributed by atoms with Crippen LogP contribution < -0.4 is 4.90 Å². The van der Waals surface area contributed by atoms with Gasteiger partial charge >= 0.3 is 0 Å². The molecule has 1 aliphatic heterocycles. The molecule has 2 nitrogen and oxygen atoms in total. The van der Waals surface area contributed by atoms with Crippen LogP contribution in [0.5, 0.6) is 0 Å². The van der Waals surface area contributed by atoms with Crippen molar-refractivity contribution in [3.63, 3.8) is 0 Å². The van der Waals surface area contributed by atoms with Crippen molar-refractivity contribution < 1.29 is 0 Å². The Morgan fingerprint density at radius 2 is 2.00 bits per heavy atom. The highest BCUT2D eigenvalue weighted by Gasteiger charge is 2.45. The van der Waals surface area contributed by atoms with Crippen molar-refractivity contribution in [1.82, 2.24) is 4.98 Å². The van der Waals surface area contributed by atoms with E-state index in [0.717, 1.165) is 11.8 Å². The molecule has 0 bridgehead atoms. The lowest BCUT2D eigenvalue weighted by molar-refractivity contribution is 0.812. The second kappa shape index (κ2) is 2.72. The molecule has 2 atom stereocenters. The normalized spacial score (nSPS) is 29.1. The van der Waals surface area contributed by atoms with Gasteiger partial charge < -0.3 is 4.90 Å². The molecule has 3 rings (SSSR count). The van der Waals surface area contributed by atoms with Gasteiger partial charge in [-0.05, 0) is 43.7 Å². The Morgan fingerprint density at radius 1 is 1.29 bits per heavy atom. The monoisotopic (exact) mass is 188 g/mol. The van der Waals surface area contributed by atoms with Gasteiger partial charge in [0.2, 0.25) is 0 Å². The predicted octanol–water partition coefficient (Wildman–Crippen LogP) is 2.15. The average molecular weight is 188 g/mol. The fraction of sp³-hybridized carbons (Fsp3) is 0.583. The Bertz CT molecular complexity index is 363. The van der Waals surface area contributed by atoms with E-state index in [1.54, 1.807) is 0 Å². The maximum absolute atomic E-state index is 4.42. The lowest BCUT2D eigenvalue weighted by Gasteiger charge is -2.22. The van der Waals surface area contributed by atoms with E-state index in [2.05, 4.69) is 29.8 Å². The number of hydrogen-bond donors (Lipinski definition) is 0. The van der Waals surface area contributed by atoms with Crippen molar-refractivity contribution in [1.29, 1.82) is 0 Å². The second-order valence-corrected chi connectivity index (χ2v) is 4.78. The van der Waals surface area contributed by atoms with Gasteiger partial charge in [0.1, 0.15) is 0 Å². The van der Waals surface area contributed by atoms with E-state index in [1.165, 1.54) is 36.5 Å². The fourth-order valence-corrected chi connectivity index (χ4v) is 2.54. The standard InChI is InChI=1S/C12H16N2/c1-8-3-12(9(2)13-5-8)14-6-10-4-11(10)7-14/h3,5,10-11H,4,6-7H2,1-2H3. The summed E-state index contributed by atoms with van der Waals surface area (Å²) in [6.45, 7) is 6.75. The van der Waals surface area contributed by atoms with Crippen LogP contribution in [0.2, 0.25) is 0 Å².